The first-order chi connectivity index (χ1) is 8.98. The first-order valence-corrected chi connectivity index (χ1v) is 7.90. The van der Waals surface area contributed by atoms with Gasteiger partial charge in [0.2, 0.25) is 0 Å². The van der Waals surface area contributed by atoms with Crippen LogP contribution in [0.2, 0.25) is 0 Å². The van der Waals surface area contributed by atoms with Crippen LogP contribution in [0.3, 0.4) is 0 Å². The van der Waals surface area contributed by atoms with E-state index in [2.05, 4.69) is 10.0 Å². The Balaban J connectivity index is 2.07. The fourth-order valence-corrected chi connectivity index (χ4v) is 3.02. The van der Waals surface area contributed by atoms with E-state index in [9.17, 15) is 8.42 Å². The van der Waals surface area contributed by atoms with Crippen molar-refractivity contribution < 1.29 is 8.42 Å². The summed E-state index contributed by atoms with van der Waals surface area (Å²) in [6, 6.07) is 7.43. The van der Waals surface area contributed by atoms with E-state index in [1.165, 1.54) is 6.42 Å². The van der Waals surface area contributed by atoms with Gasteiger partial charge in [0.1, 0.15) is 0 Å². The van der Waals surface area contributed by atoms with Crippen LogP contribution in [0.4, 0.5) is 11.4 Å². The van der Waals surface area contributed by atoms with Gasteiger partial charge in [-0.2, -0.15) is 8.42 Å². The lowest BCUT2D eigenvalue weighted by atomic mass is 10.0. The zero-order chi connectivity index (χ0) is 13.9. The summed E-state index contributed by atoms with van der Waals surface area (Å²) in [4.78, 5) is 0. The third kappa shape index (κ3) is 4.09. The summed E-state index contributed by atoms with van der Waals surface area (Å²) in [6.45, 7) is 0.673. The van der Waals surface area contributed by atoms with Crippen LogP contribution < -0.4 is 20.9 Å². The third-order valence-electron chi connectivity index (χ3n) is 3.44. The Labute approximate surface area is 113 Å². The molecule has 7 heteroatoms. The Morgan fingerprint density at radius 1 is 1.26 bits per heavy atom. The summed E-state index contributed by atoms with van der Waals surface area (Å²) in [7, 11) is -3.73. The van der Waals surface area contributed by atoms with E-state index in [4.69, 9.17) is 10.9 Å². The standard InChI is InChI=1S/C12H20N4O2S/c13-8-9-3-1-6-12(9)15-10-4-2-5-11(7-10)16-19(14,17)18/h2,4-5,7,9,12,15-16H,1,3,6,8,13H2,(H2,14,17,18). The SMILES string of the molecule is NCC1CCCC1Nc1cccc(NS(N)(=O)=O)c1. The molecule has 1 aliphatic rings. The van der Waals surface area contributed by atoms with Gasteiger partial charge in [0, 0.05) is 11.7 Å². The van der Waals surface area contributed by atoms with Crippen molar-refractivity contribution >= 4 is 21.6 Å². The molecule has 1 saturated carbocycles. The molecule has 1 aliphatic carbocycles. The second kappa shape index (κ2) is 5.77. The van der Waals surface area contributed by atoms with Gasteiger partial charge in [-0.3, -0.25) is 4.72 Å². The molecule has 0 amide bonds. The Kier molecular flexibility index (Phi) is 4.28. The molecule has 1 fully saturated rings. The van der Waals surface area contributed by atoms with Crippen LogP contribution in [-0.4, -0.2) is 21.0 Å². The number of anilines is 2. The summed E-state index contributed by atoms with van der Waals surface area (Å²) in [5.74, 6) is 0.481. The van der Waals surface area contributed by atoms with Gasteiger partial charge < -0.3 is 11.1 Å². The highest BCUT2D eigenvalue weighted by Gasteiger charge is 2.25. The molecule has 0 aromatic heterocycles. The maximum Gasteiger partial charge on any atom is 0.296 e. The van der Waals surface area contributed by atoms with Crippen LogP contribution >= 0.6 is 0 Å². The molecule has 2 unspecified atom stereocenters. The molecular weight excluding hydrogens is 264 g/mol. The van der Waals surface area contributed by atoms with Crippen molar-refractivity contribution in [2.24, 2.45) is 16.8 Å². The molecular formula is C12H20N4O2S. The van der Waals surface area contributed by atoms with Crippen LogP contribution in [0.15, 0.2) is 24.3 Å². The molecule has 0 spiro atoms. The van der Waals surface area contributed by atoms with Gasteiger partial charge in [0.15, 0.2) is 0 Å². The molecule has 2 atom stereocenters. The summed E-state index contributed by atoms with van der Waals surface area (Å²) in [5.41, 5.74) is 7.07. The molecule has 6 nitrogen and oxygen atoms in total. The van der Waals surface area contributed by atoms with Gasteiger partial charge in [0.05, 0.1) is 5.69 Å². The molecule has 1 aromatic rings. The summed E-state index contributed by atoms with van der Waals surface area (Å²) >= 11 is 0. The van der Waals surface area contributed by atoms with E-state index in [0.29, 0.717) is 24.2 Å². The van der Waals surface area contributed by atoms with E-state index < -0.39 is 10.2 Å². The highest BCUT2D eigenvalue weighted by Crippen LogP contribution is 2.28. The molecule has 0 bridgehead atoms. The van der Waals surface area contributed by atoms with Crippen LogP contribution in [0, 0.1) is 5.92 Å². The van der Waals surface area contributed by atoms with E-state index in [1.807, 2.05) is 6.07 Å². The summed E-state index contributed by atoms with van der Waals surface area (Å²) in [6.07, 6.45) is 3.41. The Morgan fingerprint density at radius 2 is 2.00 bits per heavy atom. The van der Waals surface area contributed by atoms with Gasteiger partial charge in [0.25, 0.3) is 10.2 Å². The first kappa shape index (κ1) is 14.1. The lowest BCUT2D eigenvalue weighted by Gasteiger charge is -2.21. The Morgan fingerprint density at radius 3 is 2.68 bits per heavy atom. The lowest BCUT2D eigenvalue weighted by molar-refractivity contribution is 0.516. The average Bonchev–Trinajstić information content (AvgIpc) is 2.74. The van der Waals surface area contributed by atoms with Crippen LogP contribution in [0.5, 0.6) is 0 Å². The van der Waals surface area contributed by atoms with Crippen molar-refractivity contribution in [1.29, 1.82) is 0 Å². The molecule has 0 aliphatic heterocycles. The number of hydrogen-bond acceptors (Lipinski definition) is 4. The molecule has 1 aromatic carbocycles. The van der Waals surface area contributed by atoms with Gasteiger partial charge in [-0.05, 0) is 43.5 Å². The van der Waals surface area contributed by atoms with Crippen LogP contribution in [0.25, 0.3) is 0 Å². The molecule has 0 heterocycles. The first-order valence-electron chi connectivity index (χ1n) is 6.35. The fourth-order valence-electron chi connectivity index (χ4n) is 2.56. The van der Waals surface area contributed by atoms with Crippen molar-refractivity contribution in [2.45, 2.75) is 25.3 Å². The van der Waals surface area contributed by atoms with Gasteiger partial charge in [-0.1, -0.05) is 12.5 Å². The number of nitrogens with two attached hydrogens (primary N) is 2. The minimum Gasteiger partial charge on any atom is -0.382 e. The van der Waals surface area contributed by atoms with Gasteiger partial charge >= 0.3 is 0 Å². The zero-order valence-corrected chi connectivity index (χ0v) is 11.5. The van der Waals surface area contributed by atoms with Crippen LogP contribution in [-0.2, 0) is 10.2 Å². The molecule has 2 rings (SSSR count). The van der Waals surface area contributed by atoms with E-state index in [0.717, 1.165) is 18.5 Å². The minimum absolute atomic E-state index is 0.356. The maximum absolute atomic E-state index is 11.0. The minimum atomic E-state index is -3.73. The summed E-state index contributed by atoms with van der Waals surface area (Å²) < 4.78 is 24.2. The maximum atomic E-state index is 11.0. The predicted octanol–water partition coefficient (Wildman–Crippen LogP) is 0.841. The average molecular weight is 284 g/mol. The molecule has 106 valence electrons. The highest BCUT2D eigenvalue weighted by atomic mass is 32.2. The largest absolute Gasteiger partial charge is 0.382 e. The predicted molar refractivity (Wildman–Crippen MR) is 77.0 cm³/mol. The van der Waals surface area contributed by atoms with Gasteiger partial charge in [-0.15, -0.1) is 0 Å². The topological polar surface area (TPSA) is 110 Å². The number of nitrogens with one attached hydrogen (secondary N) is 2. The quantitative estimate of drug-likeness (QED) is 0.642. The normalized spacial score (nSPS) is 23.3. The van der Waals surface area contributed by atoms with Crippen molar-refractivity contribution in [3.63, 3.8) is 0 Å². The van der Waals surface area contributed by atoms with E-state index >= 15 is 0 Å². The highest BCUT2D eigenvalue weighted by molar-refractivity contribution is 7.90. The van der Waals surface area contributed by atoms with Crippen molar-refractivity contribution in [3.8, 4) is 0 Å². The molecule has 19 heavy (non-hydrogen) atoms. The molecule has 0 saturated heterocycles. The zero-order valence-electron chi connectivity index (χ0n) is 10.7. The lowest BCUT2D eigenvalue weighted by Crippen LogP contribution is -2.29. The molecule has 6 N–H and O–H groups in total. The van der Waals surface area contributed by atoms with E-state index in [1.54, 1.807) is 18.2 Å². The number of benzene rings is 1. The Hall–Kier alpha value is -1.31. The van der Waals surface area contributed by atoms with E-state index in [-0.39, 0.29) is 0 Å². The number of hydrogen-bond donors (Lipinski definition) is 4. The Bertz CT molecular complexity index is 532. The number of rotatable bonds is 5. The van der Waals surface area contributed by atoms with Crippen molar-refractivity contribution in [3.05, 3.63) is 24.3 Å². The smallest absolute Gasteiger partial charge is 0.296 e. The van der Waals surface area contributed by atoms with Crippen LogP contribution in [0.1, 0.15) is 19.3 Å². The fraction of sp³-hybridized carbons (Fsp3) is 0.500. The summed E-state index contributed by atoms with van der Waals surface area (Å²) in [5, 5.41) is 8.36. The monoisotopic (exact) mass is 284 g/mol. The van der Waals surface area contributed by atoms with Crippen molar-refractivity contribution in [2.75, 3.05) is 16.6 Å². The second-order valence-electron chi connectivity index (χ2n) is 4.91. The third-order valence-corrected chi connectivity index (χ3v) is 3.96. The van der Waals surface area contributed by atoms with Crippen molar-refractivity contribution in [1.82, 2.24) is 0 Å². The van der Waals surface area contributed by atoms with Gasteiger partial charge in [-0.25, -0.2) is 5.14 Å². The second-order valence-corrected chi connectivity index (χ2v) is 6.20. The molecule has 0 radical (unpaired) electrons.